The van der Waals surface area contributed by atoms with Crippen LogP contribution in [0.1, 0.15) is 38.3 Å². The molecule has 0 amide bonds. The van der Waals surface area contributed by atoms with Gasteiger partial charge in [-0.1, -0.05) is 48.1 Å². The number of hydrogen-bond donors (Lipinski definition) is 0. The summed E-state index contributed by atoms with van der Waals surface area (Å²) in [5.41, 5.74) is 5.54. The first-order valence-electron chi connectivity index (χ1n) is 5.48. The van der Waals surface area contributed by atoms with Crippen LogP contribution in [0.4, 0.5) is 0 Å². The van der Waals surface area contributed by atoms with E-state index in [2.05, 4.69) is 51.6 Å². The minimum Gasteiger partial charge on any atom is -0.0985 e. The van der Waals surface area contributed by atoms with Crippen molar-refractivity contribution in [3.05, 3.63) is 53.1 Å². The van der Waals surface area contributed by atoms with E-state index in [9.17, 15) is 0 Å². The van der Waals surface area contributed by atoms with E-state index in [0.717, 1.165) is 12.8 Å². The lowest BCUT2D eigenvalue weighted by Crippen LogP contribution is -1.88. The molecule has 0 aliphatic heterocycles. The summed E-state index contributed by atoms with van der Waals surface area (Å²) >= 11 is 0. The topological polar surface area (TPSA) is 0 Å². The fourth-order valence-corrected chi connectivity index (χ4v) is 1.40. The second-order valence-electron chi connectivity index (χ2n) is 4.23. The normalized spacial score (nSPS) is 9.80. The van der Waals surface area contributed by atoms with Crippen molar-refractivity contribution < 1.29 is 0 Å². The van der Waals surface area contributed by atoms with Crippen molar-refractivity contribution in [1.29, 1.82) is 0 Å². The Bertz CT molecular complexity index is 348. The predicted octanol–water partition coefficient (Wildman–Crippen LogP) is 4.62. The third kappa shape index (κ3) is 3.75. The van der Waals surface area contributed by atoms with E-state index in [4.69, 9.17) is 0 Å². The molecule has 1 rings (SSSR count). The quantitative estimate of drug-likeness (QED) is 0.622. The van der Waals surface area contributed by atoms with Gasteiger partial charge in [0.25, 0.3) is 0 Å². The van der Waals surface area contributed by atoms with Crippen molar-refractivity contribution >= 4 is 6.08 Å². The summed E-state index contributed by atoms with van der Waals surface area (Å²) in [7, 11) is 0. The van der Waals surface area contributed by atoms with Gasteiger partial charge in [-0.2, -0.15) is 0 Å². The number of rotatable bonds is 4. The van der Waals surface area contributed by atoms with E-state index in [1.165, 1.54) is 22.3 Å². The molecule has 0 heterocycles. The highest BCUT2D eigenvalue weighted by Gasteiger charge is 1.96. The van der Waals surface area contributed by atoms with Crippen LogP contribution < -0.4 is 0 Å². The van der Waals surface area contributed by atoms with Gasteiger partial charge in [0.2, 0.25) is 0 Å². The van der Waals surface area contributed by atoms with E-state index in [-0.39, 0.29) is 0 Å². The van der Waals surface area contributed by atoms with Crippen LogP contribution >= 0.6 is 0 Å². The van der Waals surface area contributed by atoms with E-state index >= 15 is 0 Å². The second kappa shape index (κ2) is 5.55. The monoisotopic (exact) mass is 200 g/mol. The fraction of sp³-hybridized carbons (Fsp3) is 0.333. The lowest BCUT2D eigenvalue weighted by atomic mass is 10.0. The second-order valence-corrected chi connectivity index (χ2v) is 4.23. The molecule has 0 unspecified atom stereocenters. The molecule has 0 nitrogen and oxygen atoms in total. The van der Waals surface area contributed by atoms with Gasteiger partial charge in [0.05, 0.1) is 0 Å². The van der Waals surface area contributed by atoms with Gasteiger partial charge in [-0.15, -0.1) is 0 Å². The minimum absolute atomic E-state index is 1.13. The van der Waals surface area contributed by atoms with Gasteiger partial charge >= 0.3 is 0 Å². The molecule has 0 N–H and O–H groups in total. The molecule has 0 saturated heterocycles. The molecule has 0 saturated carbocycles. The van der Waals surface area contributed by atoms with Crippen LogP contribution in [0.5, 0.6) is 0 Å². The molecule has 0 spiro atoms. The van der Waals surface area contributed by atoms with Crippen LogP contribution in [0, 0.1) is 0 Å². The van der Waals surface area contributed by atoms with Crippen LogP contribution in [-0.2, 0) is 6.42 Å². The zero-order valence-corrected chi connectivity index (χ0v) is 10.0. The highest BCUT2D eigenvalue weighted by Crippen LogP contribution is 2.13. The molecule has 80 valence electrons. The van der Waals surface area contributed by atoms with Gasteiger partial charge in [0.15, 0.2) is 0 Å². The molecule has 1 aromatic carbocycles. The summed E-state index contributed by atoms with van der Waals surface area (Å²) < 4.78 is 0. The smallest absolute Gasteiger partial charge is 0.0241 e. The van der Waals surface area contributed by atoms with Gasteiger partial charge in [0.1, 0.15) is 0 Å². The summed E-state index contributed by atoms with van der Waals surface area (Å²) in [4.78, 5) is 0. The standard InChI is InChI=1S/C15H20/c1-5-14-8-10-15(11-9-14)7-6-13(4)12(2)3/h5,8-11H,1,6-7H2,2-4H3. The Morgan fingerprint density at radius 1 is 1.13 bits per heavy atom. The van der Waals surface area contributed by atoms with Crippen LogP contribution in [0.2, 0.25) is 0 Å². The van der Waals surface area contributed by atoms with Crippen molar-refractivity contribution in [2.24, 2.45) is 0 Å². The van der Waals surface area contributed by atoms with Crippen LogP contribution in [-0.4, -0.2) is 0 Å². The highest BCUT2D eigenvalue weighted by atomic mass is 14.0. The molecule has 0 aromatic heterocycles. The number of hydrogen-bond acceptors (Lipinski definition) is 0. The molecule has 1 aromatic rings. The lowest BCUT2D eigenvalue weighted by molar-refractivity contribution is 0.922. The van der Waals surface area contributed by atoms with Crippen molar-refractivity contribution in [3.63, 3.8) is 0 Å². The molecule has 0 radical (unpaired) electrons. The average molecular weight is 200 g/mol. The Hall–Kier alpha value is -1.30. The summed E-state index contributed by atoms with van der Waals surface area (Å²) in [6, 6.07) is 8.63. The van der Waals surface area contributed by atoms with E-state index in [1.54, 1.807) is 0 Å². The Kier molecular flexibility index (Phi) is 4.36. The van der Waals surface area contributed by atoms with Crippen molar-refractivity contribution in [2.45, 2.75) is 33.6 Å². The third-order valence-corrected chi connectivity index (χ3v) is 2.86. The molecule has 0 atom stereocenters. The first-order chi connectivity index (χ1) is 7.13. The van der Waals surface area contributed by atoms with Gasteiger partial charge in [-0.25, -0.2) is 0 Å². The van der Waals surface area contributed by atoms with E-state index < -0.39 is 0 Å². The maximum atomic E-state index is 3.75. The molecule has 0 aliphatic rings. The zero-order valence-electron chi connectivity index (χ0n) is 10.0. The molecule has 0 heteroatoms. The summed E-state index contributed by atoms with van der Waals surface area (Å²) in [6.07, 6.45) is 4.18. The number of aryl methyl sites for hydroxylation is 1. The van der Waals surface area contributed by atoms with Gasteiger partial charge in [0, 0.05) is 0 Å². The Labute approximate surface area is 93.3 Å². The maximum Gasteiger partial charge on any atom is -0.0241 e. The van der Waals surface area contributed by atoms with Crippen LogP contribution in [0.15, 0.2) is 42.0 Å². The summed E-state index contributed by atoms with van der Waals surface area (Å²) in [5, 5.41) is 0. The van der Waals surface area contributed by atoms with E-state index in [1.807, 2.05) is 6.08 Å². The zero-order chi connectivity index (χ0) is 11.3. The Morgan fingerprint density at radius 3 is 2.20 bits per heavy atom. The molecule has 0 aliphatic carbocycles. The predicted molar refractivity (Wildman–Crippen MR) is 68.9 cm³/mol. The molecular weight excluding hydrogens is 180 g/mol. The maximum absolute atomic E-state index is 3.75. The SMILES string of the molecule is C=Cc1ccc(CCC(C)=C(C)C)cc1. The first-order valence-corrected chi connectivity index (χ1v) is 5.48. The minimum atomic E-state index is 1.13. The highest BCUT2D eigenvalue weighted by molar-refractivity contribution is 5.47. The van der Waals surface area contributed by atoms with Gasteiger partial charge < -0.3 is 0 Å². The Morgan fingerprint density at radius 2 is 1.73 bits per heavy atom. The summed E-state index contributed by atoms with van der Waals surface area (Å²) in [5.74, 6) is 0. The number of allylic oxidation sites excluding steroid dienone is 2. The average Bonchev–Trinajstić information content (AvgIpc) is 2.26. The molecular formula is C15H20. The van der Waals surface area contributed by atoms with Gasteiger partial charge in [-0.05, 0) is 44.7 Å². The van der Waals surface area contributed by atoms with Crippen molar-refractivity contribution in [2.75, 3.05) is 0 Å². The van der Waals surface area contributed by atoms with Crippen LogP contribution in [0.3, 0.4) is 0 Å². The van der Waals surface area contributed by atoms with Gasteiger partial charge in [-0.3, -0.25) is 0 Å². The van der Waals surface area contributed by atoms with Crippen LogP contribution in [0.25, 0.3) is 6.08 Å². The van der Waals surface area contributed by atoms with E-state index in [0.29, 0.717) is 0 Å². The molecule has 0 bridgehead atoms. The Balaban J connectivity index is 2.59. The lowest BCUT2D eigenvalue weighted by Gasteiger charge is -2.04. The fourth-order valence-electron chi connectivity index (χ4n) is 1.40. The molecule has 0 fully saturated rings. The third-order valence-electron chi connectivity index (χ3n) is 2.86. The van der Waals surface area contributed by atoms with Crippen molar-refractivity contribution in [1.82, 2.24) is 0 Å². The first kappa shape index (κ1) is 11.8. The number of benzene rings is 1. The van der Waals surface area contributed by atoms with Crippen molar-refractivity contribution in [3.8, 4) is 0 Å². The summed E-state index contributed by atoms with van der Waals surface area (Å²) in [6.45, 7) is 10.3. The largest absolute Gasteiger partial charge is 0.0985 e. The molecule has 15 heavy (non-hydrogen) atoms.